The van der Waals surface area contributed by atoms with Crippen molar-refractivity contribution >= 4 is 17.6 Å². The van der Waals surface area contributed by atoms with Crippen molar-refractivity contribution in [2.45, 2.75) is 10.2 Å². The molecule has 2 aromatic heterocycles. The summed E-state index contributed by atoms with van der Waals surface area (Å²) in [6, 6.07) is 0. The Balaban J connectivity index is 2.35. The molecule has 0 aliphatic rings. The maximum Gasteiger partial charge on any atom is 0.215 e. The zero-order chi connectivity index (χ0) is 11.5. The summed E-state index contributed by atoms with van der Waals surface area (Å²) in [5, 5.41) is 19.4. The average molecular weight is 236 g/mol. The first-order valence-corrected chi connectivity index (χ1v) is 5.05. The highest BCUT2D eigenvalue weighted by Gasteiger charge is 2.12. The van der Waals surface area contributed by atoms with Gasteiger partial charge in [0, 0.05) is 19.4 Å². The van der Waals surface area contributed by atoms with Gasteiger partial charge in [-0.05, 0) is 22.2 Å². The van der Waals surface area contributed by atoms with Crippen LogP contribution < -0.4 is 5.73 Å². The van der Waals surface area contributed by atoms with Crippen molar-refractivity contribution < 1.29 is 0 Å². The van der Waals surface area contributed by atoms with Crippen molar-refractivity contribution in [1.82, 2.24) is 30.2 Å². The molecule has 0 aromatic carbocycles. The largest absolute Gasteiger partial charge is 0.382 e. The summed E-state index contributed by atoms with van der Waals surface area (Å²) in [7, 11) is 1.71. The Morgan fingerprint density at radius 1 is 1.44 bits per heavy atom. The molecule has 0 saturated heterocycles. The van der Waals surface area contributed by atoms with E-state index in [0.717, 1.165) is 0 Å². The van der Waals surface area contributed by atoms with Crippen molar-refractivity contribution in [3.05, 3.63) is 18.1 Å². The van der Waals surface area contributed by atoms with Gasteiger partial charge in [-0.15, -0.1) is 5.10 Å². The molecule has 2 heterocycles. The summed E-state index contributed by atoms with van der Waals surface area (Å²) in [6.45, 7) is 0. The number of aromatic nitrogens is 6. The lowest BCUT2D eigenvalue weighted by molar-refractivity contribution is 0.664. The SMILES string of the molecule is Cn1nnnc1Sc1nccnc1C(=N)N. The molecule has 0 aliphatic heterocycles. The average Bonchev–Trinajstić information content (AvgIpc) is 2.65. The Bertz CT molecular complexity index is 521. The number of nitrogens with two attached hydrogens (primary N) is 1. The van der Waals surface area contributed by atoms with E-state index < -0.39 is 0 Å². The maximum absolute atomic E-state index is 7.36. The van der Waals surface area contributed by atoms with E-state index in [2.05, 4.69) is 25.5 Å². The molecule has 0 unspecified atom stereocenters. The van der Waals surface area contributed by atoms with E-state index in [4.69, 9.17) is 11.1 Å². The summed E-state index contributed by atoms with van der Waals surface area (Å²) in [5.41, 5.74) is 5.72. The number of nitrogens with zero attached hydrogens (tertiary/aromatic N) is 6. The summed E-state index contributed by atoms with van der Waals surface area (Å²) < 4.78 is 1.50. The number of rotatable bonds is 3. The molecule has 0 spiro atoms. The molecule has 82 valence electrons. The molecule has 0 fully saturated rings. The number of tetrazole rings is 1. The number of hydrogen-bond donors (Lipinski definition) is 2. The number of nitrogens with one attached hydrogen (secondary N) is 1. The molecular weight excluding hydrogens is 228 g/mol. The molecule has 0 atom stereocenters. The fourth-order valence-corrected chi connectivity index (χ4v) is 1.77. The van der Waals surface area contributed by atoms with Crippen molar-refractivity contribution in [3.63, 3.8) is 0 Å². The molecule has 8 nitrogen and oxygen atoms in total. The molecule has 16 heavy (non-hydrogen) atoms. The highest BCUT2D eigenvalue weighted by Crippen LogP contribution is 2.24. The first-order chi connectivity index (χ1) is 7.68. The first-order valence-electron chi connectivity index (χ1n) is 4.24. The van der Waals surface area contributed by atoms with Crippen LogP contribution in [0.25, 0.3) is 0 Å². The molecule has 9 heteroatoms. The summed E-state index contributed by atoms with van der Waals surface area (Å²) in [4.78, 5) is 8.06. The van der Waals surface area contributed by atoms with Crippen LogP contribution in [-0.4, -0.2) is 36.0 Å². The van der Waals surface area contributed by atoms with Crippen LogP contribution in [0.4, 0.5) is 0 Å². The van der Waals surface area contributed by atoms with Crippen LogP contribution in [0.3, 0.4) is 0 Å². The van der Waals surface area contributed by atoms with Crippen LogP contribution in [0.15, 0.2) is 22.6 Å². The van der Waals surface area contributed by atoms with E-state index in [1.807, 2.05) is 0 Å². The van der Waals surface area contributed by atoms with E-state index >= 15 is 0 Å². The molecular formula is C7H8N8S. The first kappa shape index (κ1) is 10.5. The van der Waals surface area contributed by atoms with E-state index in [9.17, 15) is 0 Å². The van der Waals surface area contributed by atoms with Crippen LogP contribution in [-0.2, 0) is 7.05 Å². The molecule has 0 saturated carbocycles. The zero-order valence-corrected chi connectivity index (χ0v) is 9.14. The minimum Gasteiger partial charge on any atom is -0.382 e. The Kier molecular flexibility index (Phi) is 2.77. The van der Waals surface area contributed by atoms with Gasteiger partial charge in [-0.2, -0.15) is 0 Å². The topological polar surface area (TPSA) is 119 Å². The van der Waals surface area contributed by atoms with E-state index in [1.54, 1.807) is 7.05 Å². The Morgan fingerprint density at radius 3 is 2.81 bits per heavy atom. The number of hydrogen-bond acceptors (Lipinski definition) is 7. The van der Waals surface area contributed by atoms with E-state index in [0.29, 0.717) is 15.9 Å². The molecule has 0 aliphatic carbocycles. The maximum atomic E-state index is 7.36. The third kappa shape index (κ3) is 1.98. The lowest BCUT2D eigenvalue weighted by atomic mass is 10.4. The minimum absolute atomic E-state index is 0.134. The highest BCUT2D eigenvalue weighted by molar-refractivity contribution is 7.99. The van der Waals surface area contributed by atoms with Crippen LogP contribution >= 0.6 is 11.8 Å². The van der Waals surface area contributed by atoms with Gasteiger partial charge in [0.25, 0.3) is 0 Å². The van der Waals surface area contributed by atoms with Crippen LogP contribution in [0, 0.1) is 5.41 Å². The Labute approximate surface area is 94.8 Å². The molecule has 0 amide bonds. The van der Waals surface area contributed by atoms with Crippen LogP contribution in [0.1, 0.15) is 5.69 Å². The second-order valence-corrected chi connectivity index (χ2v) is 3.77. The van der Waals surface area contributed by atoms with Crippen LogP contribution in [0.5, 0.6) is 0 Å². The lowest BCUT2D eigenvalue weighted by Crippen LogP contribution is -2.15. The third-order valence-electron chi connectivity index (χ3n) is 1.69. The number of nitrogen functional groups attached to an aromatic ring is 1. The summed E-state index contributed by atoms with van der Waals surface area (Å²) >= 11 is 1.21. The predicted octanol–water partition coefficient (Wildman–Crippen LogP) is -0.565. The van der Waals surface area contributed by atoms with Crippen molar-refractivity contribution in [2.24, 2.45) is 12.8 Å². The fourth-order valence-electron chi connectivity index (χ4n) is 0.979. The predicted molar refractivity (Wildman–Crippen MR) is 56.0 cm³/mol. The quantitative estimate of drug-likeness (QED) is 0.541. The molecule has 0 radical (unpaired) electrons. The van der Waals surface area contributed by atoms with Gasteiger partial charge in [0.2, 0.25) is 5.16 Å². The van der Waals surface area contributed by atoms with Gasteiger partial charge in [0.15, 0.2) is 0 Å². The van der Waals surface area contributed by atoms with Gasteiger partial charge in [-0.3, -0.25) is 5.41 Å². The summed E-state index contributed by atoms with van der Waals surface area (Å²) in [6.07, 6.45) is 3.01. The van der Waals surface area contributed by atoms with Crippen molar-refractivity contribution in [1.29, 1.82) is 5.41 Å². The smallest absolute Gasteiger partial charge is 0.215 e. The Morgan fingerprint density at radius 2 is 2.19 bits per heavy atom. The van der Waals surface area contributed by atoms with E-state index in [-0.39, 0.29) is 5.84 Å². The zero-order valence-electron chi connectivity index (χ0n) is 8.32. The third-order valence-corrected chi connectivity index (χ3v) is 2.71. The molecule has 2 rings (SSSR count). The summed E-state index contributed by atoms with van der Waals surface area (Å²) in [5.74, 6) is -0.134. The second kappa shape index (κ2) is 4.23. The highest BCUT2D eigenvalue weighted by atomic mass is 32.2. The van der Waals surface area contributed by atoms with Gasteiger partial charge in [-0.25, -0.2) is 14.6 Å². The number of amidine groups is 1. The van der Waals surface area contributed by atoms with Crippen molar-refractivity contribution in [3.8, 4) is 0 Å². The standard InChI is InChI=1S/C7H8N8S/c1-15-7(12-13-14-15)16-6-4(5(8)9)10-2-3-11-6/h2-3H,1H3,(H3,8,9). The minimum atomic E-state index is -0.134. The lowest BCUT2D eigenvalue weighted by Gasteiger charge is -2.03. The molecule has 2 aromatic rings. The Hall–Kier alpha value is -2.03. The van der Waals surface area contributed by atoms with Crippen molar-refractivity contribution in [2.75, 3.05) is 0 Å². The molecule has 0 bridgehead atoms. The fraction of sp³-hybridized carbons (Fsp3) is 0.143. The second-order valence-electron chi connectivity index (χ2n) is 2.81. The van der Waals surface area contributed by atoms with Gasteiger partial charge in [0.05, 0.1) is 0 Å². The van der Waals surface area contributed by atoms with Gasteiger partial charge in [-0.1, -0.05) is 0 Å². The monoisotopic (exact) mass is 236 g/mol. The molecule has 3 N–H and O–H groups in total. The van der Waals surface area contributed by atoms with E-state index in [1.165, 1.54) is 28.8 Å². The van der Waals surface area contributed by atoms with Gasteiger partial charge < -0.3 is 5.73 Å². The number of aryl methyl sites for hydroxylation is 1. The normalized spacial score (nSPS) is 10.3. The van der Waals surface area contributed by atoms with Crippen LogP contribution in [0.2, 0.25) is 0 Å². The van der Waals surface area contributed by atoms with Gasteiger partial charge in [0.1, 0.15) is 16.6 Å². The van der Waals surface area contributed by atoms with Gasteiger partial charge >= 0.3 is 0 Å².